The Morgan fingerprint density at radius 3 is 2.07 bits per heavy atom. The zero-order valence-electron chi connectivity index (χ0n) is 22.5. The van der Waals surface area contributed by atoms with Crippen molar-refractivity contribution in [1.82, 2.24) is 0 Å². The Balaban J connectivity index is 1.48. The summed E-state index contributed by atoms with van der Waals surface area (Å²) in [5.41, 5.74) is 1.38. The van der Waals surface area contributed by atoms with Crippen molar-refractivity contribution in [3.05, 3.63) is 137 Å². The van der Waals surface area contributed by atoms with Crippen molar-refractivity contribution in [3.63, 3.8) is 0 Å². The van der Waals surface area contributed by atoms with Gasteiger partial charge in [0.25, 0.3) is 0 Å². The van der Waals surface area contributed by atoms with Gasteiger partial charge in [0.2, 0.25) is 0 Å². The molecule has 206 valence electrons. The molecule has 3 aliphatic rings. The van der Waals surface area contributed by atoms with Crippen molar-refractivity contribution in [2.24, 2.45) is 5.41 Å². The largest absolute Gasteiger partial charge is 0.427 e. The molecular formula is C35H24FNO5. The minimum Gasteiger partial charge on any atom is -0.427 e. The van der Waals surface area contributed by atoms with Crippen LogP contribution in [0.15, 0.2) is 103 Å². The minimum absolute atomic E-state index is 0.290. The number of hydrogen-bond acceptors (Lipinski definition) is 6. The number of Topliss-reactive ketones (excluding diaryl/α,β-unsaturated/α-hetero) is 3. The summed E-state index contributed by atoms with van der Waals surface area (Å²) >= 11 is 0. The molecule has 1 fully saturated rings. The third-order valence-electron chi connectivity index (χ3n) is 8.61. The Bertz CT molecular complexity index is 1790. The summed E-state index contributed by atoms with van der Waals surface area (Å²) in [6.45, 7) is 1.29. The topological polar surface area (TPSA) is 80.8 Å². The van der Waals surface area contributed by atoms with Crippen LogP contribution in [0.1, 0.15) is 55.0 Å². The van der Waals surface area contributed by atoms with Crippen molar-refractivity contribution < 1.29 is 28.3 Å². The van der Waals surface area contributed by atoms with Gasteiger partial charge in [-0.1, -0.05) is 66.7 Å². The molecule has 0 N–H and O–H groups in total. The lowest BCUT2D eigenvalue weighted by Gasteiger charge is -2.37. The molecule has 3 atom stereocenters. The van der Waals surface area contributed by atoms with Crippen LogP contribution in [-0.4, -0.2) is 35.4 Å². The molecule has 7 rings (SSSR count). The van der Waals surface area contributed by atoms with E-state index in [1.54, 1.807) is 48.5 Å². The first-order valence-electron chi connectivity index (χ1n) is 13.6. The van der Waals surface area contributed by atoms with Gasteiger partial charge in [-0.3, -0.25) is 19.2 Å². The molecule has 0 aromatic heterocycles. The van der Waals surface area contributed by atoms with E-state index in [0.717, 1.165) is 11.3 Å². The number of carbonyl (C=O) groups excluding carboxylic acids is 4. The smallest absolute Gasteiger partial charge is 0.308 e. The second kappa shape index (κ2) is 9.45. The maximum atomic E-state index is 14.7. The first-order valence-corrected chi connectivity index (χ1v) is 13.6. The number of anilines is 1. The Morgan fingerprint density at radius 2 is 1.43 bits per heavy atom. The molecule has 2 heterocycles. The zero-order chi connectivity index (χ0) is 29.2. The van der Waals surface area contributed by atoms with Crippen LogP contribution in [0.3, 0.4) is 0 Å². The Labute approximate surface area is 241 Å². The maximum Gasteiger partial charge on any atom is 0.308 e. The summed E-state index contributed by atoms with van der Waals surface area (Å²) < 4.78 is 19.3. The number of hydrogen-bond donors (Lipinski definition) is 0. The van der Waals surface area contributed by atoms with Crippen LogP contribution in [0.5, 0.6) is 5.75 Å². The predicted molar refractivity (Wildman–Crippen MR) is 154 cm³/mol. The standard InChI is InChI=1S/C35H24FNO5/c1-20(38)42-25-17-12-23(13-18-25)32(39)31-30(22-10-15-24(36)16-11-22)35(33(40)26-7-3-4-8-27(26)34(35)41)29-19-14-21-6-2-5-9-28(21)37(29)31/h2-19,29-31H,1H3/t29-,30+,31-/m0/s1. The van der Waals surface area contributed by atoms with Crippen LogP contribution >= 0.6 is 0 Å². The van der Waals surface area contributed by atoms with Gasteiger partial charge >= 0.3 is 5.97 Å². The average Bonchev–Trinajstić information content (AvgIpc) is 3.43. The fourth-order valence-corrected chi connectivity index (χ4v) is 6.98. The van der Waals surface area contributed by atoms with Gasteiger partial charge in [0, 0.05) is 35.2 Å². The molecule has 1 saturated heterocycles. The molecule has 4 aromatic carbocycles. The highest BCUT2D eigenvalue weighted by Crippen LogP contribution is 2.60. The zero-order valence-corrected chi connectivity index (χ0v) is 22.5. The van der Waals surface area contributed by atoms with E-state index < -0.39 is 35.2 Å². The number of ether oxygens (including phenoxy) is 1. The number of benzene rings is 4. The molecule has 42 heavy (non-hydrogen) atoms. The Hall–Kier alpha value is -5.17. The van der Waals surface area contributed by atoms with Gasteiger partial charge in [0.1, 0.15) is 23.0 Å². The monoisotopic (exact) mass is 557 g/mol. The summed E-state index contributed by atoms with van der Waals surface area (Å²) in [5.74, 6) is -2.62. The normalized spacial score (nSPS) is 21.2. The van der Waals surface area contributed by atoms with Gasteiger partial charge in [0.15, 0.2) is 17.3 Å². The van der Waals surface area contributed by atoms with Crippen LogP contribution in [0.4, 0.5) is 10.1 Å². The second-order valence-electron chi connectivity index (χ2n) is 10.8. The number of fused-ring (bicyclic) bond motifs is 5. The third kappa shape index (κ3) is 3.56. The highest BCUT2D eigenvalue weighted by molar-refractivity contribution is 6.32. The molecular weight excluding hydrogens is 533 g/mol. The second-order valence-corrected chi connectivity index (χ2v) is 10.8. The van der Waals surface area contributed by atoms with E-state index in [9.17, 15) is 23.6 Å². The van der Waals surface area contributed by atoms with Gasteiger partial charge < -0.3 is 9.64 Å². The van der Waals surface area contributed by atoms with E-state index in [1.165, 1.54) is 31.2 Å². The van der Waals surface area contributed by atoms with Crippen molar-refractivity contribution in [3.8, 4) is 5.75 Å². The SMILES string of the molecule is CC(=O)Oc1ccc(C(=O)[C@@H]2[C@@H](c3ccc(F)cc3)C3(C(=O)c4ccccc4C3=O)[C@@H]3C=Cc4ccccc4N23)cc1. The number of carbonyl (C=O) groups is 4. The summed E-state index contributed by atoms with van der Waals surface area (Å²) in [7, 11) is 0. The van der Waals surface area contributed by atoms with Crippen LogP contribution < -0.4 is 9.64 Å². The van der Waals surface area contributed by atoms with Gasteiger partial charge in [-0.2, -0.15) is 0 Å². The molecule has 0 radical (unpaired) electrons. The lowest BCUT2D eigenvalue weighted by molar-refractivity contribution is -0.131. The summed E-state index contributed by atoms with van der Waals surface area (Å²) in [6, 6.07) is 24.4. The summed E-state index contributed by atoms with van der Waals surface area (Å²) in [5, 5.41) is 0. The highest BCUT2D eigenvalue weighted by atomic mass is 19.1. The molecule has 0 bridgehead atoms. The lowest BCUT2D eigenvalue weighted by atomic mass is 9.64. The quantitative estimate of drug-likeness (QED) is 0.131. The molecule has 0 saturated carbocycles. The van der Waals surface area contributed by atoms with E-state index >= 15 is 0 Å². The van der Waals surface area contributed by atoms with Crippen molar-refractivity contribution >= 4 is 35.1 Å². The van der Waals surface area contributed by atoms with E-state index in [0.29, 0.717) is 22.3 Å². The predicted octanol–water partition coefficient (Wildman–Crippen LogP) is 6.07. The number of rotatable bonds is 4. The molecule has 6 nitrogen and oxygen atoms in total. The van der Waals surface area contributed by atoms with E-state index in [1.807, 2.05) is 41.3 Å². The van der Waals surface area contributed by atoms with Crippen molar-refractivity contribution in [2.45, 2.75) is 24.9 Å². The lowest BCUT2D eigenvalue weighted by Crippen LogP contribution is -2.48. The number of ketones is 3. The van der Waals surface area contributed by atoms with Gasteiger partial charge in [-0.05, 0) is 53.6 Å². The first-order chi connectivity index (χ1) is 20.3. The van der Waals surface area contributed by atoms with Crippen LogP contribution in [0.25, 0.3) is 6.08 Å². The Kier molecular flexibility index (Phi) is 5.80. The van der Waals surface area contributed by atoms with E-state index in [-0.39, 0.29) is 23.1 Å². The first kappa shape index (κ1) is 25.8. The molecule has 0 unspecified atom stereocenters. The molecule has 4 aromatic rings. The summed E-state index contributed by atoms with van der Waals surface area (Å²) in [4.78, 5) is 57.2. The fraction of sp³-hybridized carbons (Fsp3) is 0.143. The Morgan fingerprint density at radius 1 is 0.810 bits per heavy atom. The van der Waals surface area contributed by atoms with E-state index in [2.05, 4.69) is 0 Å². The van der Waals surface area contributed by atoms with Gasteiger partial charge in [0.05, 0.1) is 6.04 Å². The van der Waals surface area contributed by atoms with Crippen LogP contribution in [0.2, 0.25) is 0 Å². The van der Waals surface area contributed by atoms with Crippen LogP contribution in [0, 0.1) is 11.2 Å². The molecule has 0 amide bonds. The third-order valence-corrected chi connectivity index (χ3v) is 8.61. The van der Waals surface area contributed by atoms with Crippen LogP contribution in [-0.2, 0) is 4.79 Å². The van der Waals surface area contributed by atoms with Gasteiger partial charge in [-0.25, -0.2) is 4.39 Å². The molecule has 1 spiro atoms. The molecule has 2 aliphatic heterocycles. The van der Waals surface area contributed by atoms with E-state index in [4.69, 9.17) is 4.74 Å². The number of nitrogens with zero attached hydrogens (tertiary/aromatic N) is 1. The number of para-hydroxylation sites is 1. The van der Waals surface area contributed by atoms with Gasteiger partial charge in [-0.15, -0.1) is 0 Å². The maximum absolute atomic E-state index is 14.7. The average molecular weight is 558 g/mol. The summed E-state index contributed by atoms with van der Waals surface area (Å²) in [6.07, 6.45) is 3.74. The number of esters is 1. The minimum atomic E-state index is -1.66. The fourth-order valence-electron chi connectivity index (χ4n) is 6.98. The van der Waals surface area contributed by atoms with Crippen molar-refractivity contribution in [1.29, 1.82) is 0 Å². The molecule has 1 aliphatic carbocycles. The van der Waals surface area contributed by atoms with Crippen molar-refractivity contribution in [2.75, 3.05) is 4.90 Å². The highest BCUT2D eigenvalue weighted by Gasteiger charge is 2.71. The molecule has 7 heteroatoms. The number of halogens is 1.